The number of rotatable bonds is 5. The number of para-hydroxylation sites is 1. The fourth-order valence-electron chi connectivity index (χ4n) is 2.67. The van der Waals surface area contributed by atoms with Gasteiger partial charge in [-0.15, -0.1) is 10.2 Å². The quantitative estimate of drug-likeness (QED) is 0.483. The van der Waals surface area contributed by atoms with E-state index in [-0.39, 0.29) is 11.4 Å². The molecule has 1 aromatic carbocycles. The van der Waals surface area contributed by atoms with Crippen LogP contribution in [0, 0.1) is 0 Å². The van der Waals surface area contributed by atoms with Gasteiger partial charge in [-0.2, -0.15) is 22.8 Å². The van der Waals surface area contributed by atoms with Crippen molar-refractivity contribution < 1.29 is 18.0 Å². The molecule has 1 amide bonds. The van der Waals surface area contributed by atoms with Gasteiger partial charge in [0.1, 0.15) is 5.69 Å². The molecule has 7 nitrogen and oxygen atoms in total. The number of anilines is 1. The van der Waals surface area contributed by atoms with Crippen LogP contribution in [0.4, 0.5) is 18.9 Å². The SMILES string of the molecule is O=C(CSc1nnc2ccc(-c3ccccn3)nn12)Nc1ccccc1C(F)(F)F. The van der Waals surface area contributed by atoms with Crippen LogP contribution in [0.25, 0.3) is 17.0 Å². The van der Waals surface area contributed by atoms with Gasteiger partial charge < -0.3 is 5.32 Å². The van der Waals surface area contributed by atoms with E-state index in [0.29, 0.717) is 22.2 Å². The minimum atomic E-state index is -4.56. The predicted molar refractivity (Wildman–Crippen MR) is 105 cm³/mol. The summed E-state index contributed by atoms with van der Waals surface area (Å²) in [6.07, 6.45) is -2.92. The molecule has 0 spiro atoms. The number of halogens is 3. The third-order valence-corrected chi connectivity index (χ3v) is 4.92. The normalized spacial score (nSPS) is 11.6. The Kier molecular flexibility index (Phi) is 5.36. The lowest BCUT2D eigenvalue weighted by molar-refractivity contribution is -0.137. The van der Waals surface area contributed by atoms with Crippen LogP contribution in [0.5, 0.6) is 0 Å². The number of thioether (sulfide) groups is 1. The maximum Gasteiger partial charge on any atom is 0.418 e. The summed E-state index contributed by atoms with van der Waals surface area (Å²) in [6.45, 7) is 0. The zero-order chi connectivity index (χ0) is 21.1. The van der Waals surface area contributed by atoms with Gasteiger partial charge in [0.05, 0.1) is 22.7 Å². The van der Waals surface area contributed by atoms with Crippen molar-refractivity contribution in [1.82, 2.24) is 24.8 Å². The number of carbonyl (C=O) groups is 1. The third-order valence-electron chi connectivity index (χ3n) is 4.00. The Morgan fingerprint density at radius 1 is 1.00 bits per heavy atom. The number of amides is 1. The van der Waals surface area contributed by atoms with Crippen molar-refractivity contribution in [2.45, 2.75) is 11.3 Å². The highest BCUT2D eigenvalue weighted by Crippen LogP contribution is 2.34. The lowest BCUT2D eigenvalue weighted by Crippen LogP contribution is -2.18. The van der Waals surface area contributed by atoms with Gasteiger partial charge >= 0.3 is 6.18 Å². The van der Waals surface area contributed by atoms with E-state index in [0.717, 1.165) is 17.8 Å². The van der Waals surface area contributed by atoms with Gasteiger partial charge in [-0.25, -0.2) is 0 Å². The fourth-order valence-corrected chi connectivity index (χ4v) is 3.35. The molecule has 3 heterocycles. The molecule has 0 saturated heterocycles. The number of alkyl halides is 3. The van der Waals surface area contributed by atoms with E-state index < -0.39 is 17.6 Å². The number of hydrogen-bond acceptors (Lipinski definition) is 6. The highest BCUT2D eigenvalue weighted by Gasteiger charge is 2.33. The summed E-state index contributed by atoms with van der Waals surface area (Å²) >= 11 is 1.01. The summed E-state index contributed by atoms with van der Waals surface area (Å²) in [6, 6.07) is 13.7. The van der Waals surface area contributed by atoms with Crippen LogP contribution in [-0.4, -0.2) is 36.5 Å². The second kappa shape index (κ2) is 8.11. The molecular weight excluding hydrogens is 417 g/mol. The molecule has 0 aliphatic heterocycles. The fraction of sp³-hybridized carbons (Fsp3) is 0.105. The Morgan fingerprint density at radius 2 is 1.80 bits per heavy atom. The second-order valence-corrected chi connectivity index (χ2v) is 7.01. The van der Waals surface area contributed by atoms with Gasteiger partial charge in [0.2, 0.25) is 11.1 Å². The zero-order valence-electron chi connectivity index (χ0n) is 15.2. The number of hydrogen-bond donors (Lipinski definition) is 1. The molecule has 0 saturated carbocycles. The van der Waals surface area contributed by atoms with Crippen molar-refractivity contribution in [3.05, 3.63) is 66.4 Å². The van der Waals surface area contributed by atoms with E-state index in [9.17, 15) is 18.0 Å². The van der Waals surface area contributed by atoms with Crippen LogP contribution < -0.4 is 5.32 Å². The molecule has 30 heavy (non-hydrogen) atoms. The first kappa shape index (κ1) is 19.8. The first-order chi connectivity index (χ1) is 14.4. The lowest BCUT2D eigenvalue weighted by atomic mass is 10.1. The zero-order valence-corrected chi connectivity index (χ0v) is 16.0. The van der Waals surface area contributed by atoms with Crippen LogP contribution >= 0.6 is 11.8 Å². The van der Waals surface area contributed by atoms with E-state index in [1.165, 1.54) is 22.7 Å². The molecule has 4 rings (SSSR count). The highest BCUT2D eigenvalue weighted by atomic mass is 32.2. The van der Waals surface area contributed by atoms with Crippen LogP contribution in [0.15, 0.2) is 66.0 Å². The standard InChI is InChI=1S/C19H13F3N6OS/c20-19(21,22)12-5-1-2-6-13(12)24-17(29)11-30-18-26-25-16-9-8-15(27-28(16)18)14-7-3-4-10-23-14/h1-10H,11H2,(H,24,29). The Morgan fingerprint density at radius 3 is 2.57 bits per heavy atom. The molecule has 4 aromatic rings. The molecule has 0 aliphatic rings. The smallest absolute Gasteiger partial charge is 0.325 e. The van der Waals surface area contributed by atoms with Crippen molar-refractivity contribution in [3.63, 3.8) is 0 Å². The molecule has 152 valence electrons. The molecule has 0 bridgehead atoms. The largest absolute Gasteiger partial charge is 0.418 e. The Bertz CT molecular complexity index is 1200. The summed E-state index contributed by atoms with van der Waals surface area (Å²) < 4.78 is 40.7. The van der Waals surface area contributed by atoms with Crippen molar-refractivity contribution in [2.75, 3.05) is 11.1 Å². The molecule has 11 heteroatoms. The number of nitrogens with zero attached hydrogens (tertiary/aromatic N) is 5. The second-order valence-electron chi connectivity index (χ2n) is 6.07. The maximum atomic E-state index is 13.1. The van der Waals surface area contributed by atoms with Gasteiger partial charge in [-0.1, -0.05) is 30.0 Å². The van der Waals surface area contributed by atoms with Crippen molar-refractivity contribution in [1.29, 1.82) is 0 Å². The average Bonchev–Trinajstić information content (AvgIpc) is 3.15. The van der Waals surface area contributed by atoms with E-state index >= 15 is 0 Å². The van der Waals surface area contributed by atoms with Crippen LogP contribution in [0.3, 0.4) is 0 Å². The van der Waals surface area contributed by atoms with Gasteiger partial charge in [0.25, 0.3) is 0 Å². The summed E-state index contributed by atoms with van der Waals surface area (Å²) in [4.78, 5) is 16.5. The third kappa shape index (κ3) is 4.25. The molecule has 0 fully saturated rings. The Labute approximate surface area is 172 Å². The van der Waals surface area contributed by atoms with Gasteiger partial charge in [0, 0.05) is 6.20 Å². The number of benzene rings is 1. The van der Waals surface area contributed by atoms with Crippen molar-refractivity contribution in [2.24, 2.45) is 0 Å². The molecule has 0 radical (unpaired) electrons. The van der Waals surface area contributed by atoms with E-state index in [2.05, 4.69) is 25.6 Å². The minimum absolute atomic E-state index is 0.164. The molecule has 0 atom stereocenters. The summed E-state index contributed by atoms with van der Waals surface area (Å²) in [5, 5.41) is 15.1. The van der Waals surface area contributed by atoms with Gasteiger partial charge in [-0.3, -0.25) is 9.78 Å². The topological polar surface area (TPSA) is 85.1 Å². The van der Waals surface area contributed by atoms with E-state index in [1.807, 2.05) is 6.07 Å². The molecular formula is C19H13F3N6OS. The molecule has 0 aliphatic carbocycles. The number of aromatic nitrogens is 5. The predicted octanol–water partition coefficient (Wildman–Crippen LogP) is 3.94. The first-order valence-corrected chi connectivity index (χ1v) is 9.63. The average molecular weight is 430 g/mol. The van der Waals surface area contributed by atoms with Gasteiger partial charge in [0.15, 0.2) is 5.65 Å². The van der Waals surface area contributed by atoms with Crippen molar-refractivity contribution >= 4 is 29.0 Å². The monoisotopic (exact) mass is 430 g/mol. The summed E-state index contributed by atoms with van der Waals surface area (Å²) in [7, 11) is 0. The molecule has 1 N–H and O–H groups in total. The first-order valence-electron chi connectivity index (χ1n) is 8.64. The summed E-state index contributed by atoms with van der Waals surface area (Å²) in [5.41, 5.74) is 0.522. The number of fused-ring (bicyclic) bond motifs is 1. The number of pyridine rings is 1. The van der Waals surface area contributed by atoms with E-state index in [4.69, 9.17) is 0 Å². The summed E-state index contributed by atoms with van der Waals surface area (Å²) in [5.74, 6) is -0.767. The highest BCUT2D eigenvalue weighted by molar-refractivity contribution is 7.99. The minimum Gasteiger partial charge on any atom is -0.325 e. The van der Waals surface area contributed by atoms with Crippen molar-refractivity contribution in [3.8, 4) is 11.4 Å². The van der Waals surface area contributed by atoms with E-state index in [1.54, 1.807) is 30.5 Å². The number of carbonyl (C=O) groups excluding carboxylic acids is 1. The lowest BCUT2D eigenvalue weighted by Gasteiger charge is -2.13. The van der Waals surface area contributed by atoms with Crippen LogP contribution in [0.2, 0.25) is 0 Å². The van der Waals surface area contributed by atoms with Crippen LogP contribution in [0.1, 0.15) is 5.56 Å². The van der Waals surface area contributed by atoms with Crippen LogP contribution in [-0.2, 0) is 11.0 Å². The van der Waals surface area contributed by atoms with Gasteiger partial charge in [-0.05, 0) is 36.4 Å². The molecule has 3 aromatic heterocycles. The molecule has 0 unspecified atom stereocenters. The Balaban J connectivity index is 1.50. The Hall–Kier alpha value is -3.47. The maximum absolute atomic E-state index is 13.1. The number of nitrogens with one attached hydrogen (secondary N) is 1.